The van der Waals surface area contributed by atoms with Gasteiger partial charge in [0.25, 0.3) is 0 Å². The molecule has 1 N–H and O–H groups in total. The fraction of sp³-hybridized carbons (Fsp3) is 0.333. The SMILES string of the molecule is Cl.Clc1c(Br)ccc2c1CNCC2. The quantitative estimate of drug-likeness (QED) is 0.771. The molecule has 0 spiro atoms. The Hall–Kier alpha value is 0.240. The molecule has 1 aromatic carbocycles. The van der Waals surface area contributed by atoms with Crippen molar-refractivity contribution in [1.82, 2.24) is 5.32 Å². The van der Waals surface area contributed by atoms with Gasteiger partial charge in [0.2, 0.25) is 0 Å². The summed E-state index contributed by atoms with van der Waals surface area (Å²) in [5.41, 5.74) is 2.62. The van der Waals surface area contributed by atoms with E-state index in [2.05, 4.69) is 27.3 Å². The second-order valence-electron chi connectivity index (χ2n) is 2.93. The van der Waals surface area contributed by atoms with Gasteiger partial charge in [-0.3, -0.25) is 0 Å². The van der Waals surface area contributed by atoms with Crippen molar-refractivity contribution in [3.05, 3.63) is 32.8 Å². The van der Waals surface area contributed by atoms with Crippen molar-refractivity contribution in [3.8, 4) is 0 Å². The molecule has 2 rings (SSSR count). The summed E-state index contributed by atoms with van der Waals surface area (Å²) in [6.45, 7) is 1.96. The fourth-order valence-electron chi connectivity index (χ4n) is 1.49. The molecule has 0 saturated carbocycles. The molecular weight excluding hydrogens is 273 g/mol. The number of hydrogen-bond acceptors (Lipinski definition) is 1. The van der Waals surface area contributed by atoms with Crippen molar-refractivity contribution in [2.24, 2.45) is 0 Å². The first kappa shape index (κ1) is 11.3. The van der Waals surface area contributed by atoms with Crippen LogP contribution < -0.4 is 5.32 Å². The van der Waals surface area contributed by atoms with Crippen LogP contribution in [0.15, 0.2) is 16.6 Å². The summed E-state index contributed by atoms with van der Waals surface area (Å²) in [4.78, 5) is 0. The summed E-state index contributed by atoms with van der Waals surface area (Å²) in [7, 11) is 0. The molecule has 1 aliphatic heterocycles. The summed E-state index contributed by atoms with van der Waals surface area (Å²) in [5.74, 6) is 0. The molecule has 1 aliphatic rings. The average Bonchev–Trinajstić information content (AvgIpc) is 2.12. The maximum absolute atomic E-state index is 6.12. The van der Waals surface area contributed by atoms with Crippen molar-refractivity contribution in [3.63, 3.8) is 0 Å². The zero-order valence-corrected chi connectivity index (χ0v) is 10.1. The molecule has 0 bridgehead atoms. The van der Waals surface area contributed by atoms with E-state index in [0.717, 1.165) is 29.0 Å². The van der Waals surface area contributed by atoms with E-state index < -0.39 is 0 Å². The molecule has 0 radical (unpaired) electrons. The zero-order chi connectivity index (χ0) is 8.55. The Balaban J connectivity index is 0.000000845. The van der Waals surface area contributed by atoms with Crippen LogP contribution >= 0.6 is 39.9 Å². The normalized spacial score (nSPS) is 14.6. The Morgan fingerprint density at radius 1 is 1.38 bits per heavy atom. The highest BCUT2D eigenvalue weighted by atomic mass is 79.9. The van der Waals surface area contributed by atoms with E-state index in [9.17, 15) is 0 Å². The lowest BCUT2D eigenvalue weighted by Crippen LogP contribution is -2.23. The molecule has 1 aromatic rings. The van der Waals surface area contributed by atoms with Gasteiger partial charge >= 0.3 is 0 Å². The van der Waals surface area contributed by atoms with E-state index in [4.69, 9.17) is 11.6 Å². The van der Waals surface area contributed by atoms with Gasteiger partial charge in [0, 0.05) is 11.0 Å². The molecule has 13 heavy (non-hydrogen) atoms. The summed E-state index contributed by atoms with van der Waals surface area (Å²) < 4.78 is 0.992. The van der Waals surface area contributed by atoms with Crippen LogP contribution in [0, 0.1) is 0 Å². The minimum atomic E-state index is 0. The number of rotatable bonds is 0. The van der Waals surface area contributed by atoms with Crippen LogP contribution in [0.3, 0.4) is 0 Å². The highest BCUT2D eigenvalue weighted by molar-refractivity contribution is 9.10. The smallest absolute Gasteiger partial charge is 0.0595 e. The Morgan fingerprint density at radius 2 is 2.15 bits per heavy atom. The molecule has 1 nitrogen and oxygen atoms in total. The van der Waals surface area contributed by atoms with E-state index in [1.165, 1.54) is 11.1 Å². The van der Waals surface area contributed by atoms with Crippen molar-refractivity contribution < 1.29 is 0 Å². The predicted octanol–water partition coefficient (Wildman–Crippen LogP) is 3.17. The molecular formula is C9H10BrCl2N. The largest absolute Gasteiger partial charge is 0.312 e. The van der Waals surface area contributed by atoms with Crippen LogP contribution in [0.2, 0.25) is 5.02 Å². The maximum atomic E-state index is 6.12. The number of hydrogen-bond donors (Lipinski definition) is 1. The molecule has 0 atom stereocenters. The second-order valence-corrected chi connectivity index (χ2v) is 4.16. The first-order chi connectivity index (χ1) is 5.79. The van der Waals surface area contributed by atoms with Gasteiger partial charge < -0.3 is 5.32 Å². The van der Waals surface area contributed by atoms with E-state index in [0.29, 0.717) is 0 Å². The lowest BCUT2D eigenvalue weighted by Gasteiger charge is -2.18. The number of halogens is 3. The molecule has 0 aliphatic carbocycles. The van der Waals surface area contributed by atoms with Crippen molar-refractivity contribution in [2.45, 2.75) is 13.0 Å². The van der Waals surface area contributed by atoms with Gasteiger partial charge in [-0.05, 0) is 46.1 Å². The van der Waals surface area contributed by atoms with Crippen molar-refractivity contribution in [2.75, 3.05) is 6.54 Å². The molecule has 72 valence electrons. The van der Waals surface area contributed by atoms with Gasteiger partial charge in [-0.15, -0.1) is 12.4 Å². The zero-order valence-electron chi connectivity index (χ0n) is 6.94. The molecule has 4 heteroatoms. The molecule has 0 fully saturated rings. The third-order valence-electron chi connectivity index (χ3n) is 2.17. The predicted molar refractivity (Wildman–Crippen MR) is 61.8 cm³/mol. The molecule has 1 heterocycles. The third-order valence-corrected chi connectivity index (χ3v) is 3.49. The van der Waals surface area contributed by atoms with E-state index >= 15 is 0 Å². The van der Waals surface area contributed by atoms with E-state index in [1.54, 1.807) is 0 Å². The van der Waals surface area contributed by atoms with Crippen LogP contribution in [0.5, 0.6) is 0 Å². The number of fused-ring (bicyclic) bond motifs is 1. The molecule has 0 amide bonds. The second kappa shape index (κ2) is 4.65. The lowest BCUT2D eigenvalue weighted by atomic mass is 10.0. The Labute approximate surface area is 97.4 Å². The topological polar surface area (TPSA) is 12.0 Å². The van der Waals surface area contributed by atoms with Crippen LogP contribution in [0.4, 0.5) is 0 Å². The van der Waals surface area contributed by atoms with Gasteiger partial charge in [0.05, 0.1) is 5.02 Å². The molecule has 0 aromatic heterocycles. The first-order valence-electron chi connectivity index (χ1n) is 3.95. The van der Waals surface area contributed by atoms with Gasteiger partial charge in [-0.25, -0.2) is 0 Å². The fourth-order valence-corrected chi connectivity index (χ4v) is 2.12. The summed E-state index contributed by atoms with van der Waals surface area (Å²) >= 11 is 9.54. The van der Waals surface area contributed by atoms with E-state index in [-0.39, 0.29) is 12.4 Å². The molecule has 0 unspecified atom stereocenters. The van der Waals surface area contributed by atoms with Crippen LogP contribution in [0.1, 0.15) is 11.1 Å². The Bertz CT molecular complexity index is 315. The maximum Gasteiger partial charge on any atom is 0.0595 e. The number of benzene rings is 1. The lowest BCUT2D eigenvalue weighted by molar-refractivity contribution is 0.643. The third kappa shape index (κ3) is 2.18. The van der Waals surface area contributed by atoms with Gasteiger partial charge in [0.15, 0.2) is 0 Å². The highest BCUT2D eigenvalue weighted by Gasteiger charge is 2.13. The van der Waals surface area contributed by atoms with Crippen molar-refractivity contribution in [1.29, 1.82) is 0 Å². The van der Waals surface area contributed by atoms with Gasteiger partial charge in [-0.2, -0.15) is 0 Å². The van der Waals surface area contributed by atoms with Crippen molar-refractivity contribution >= 4 is 39.9 Å². The molecule has 0 saturated heterocycles. The Morgan fingerprint density at radius 3 is 2.92 bits per heavy atom. The summed E-state index contributed by atoms with van der Waals surface area (Å²) in [5, 5.41) is 4.16. The summed E-state index contributed by atoms with van der Waals surface area (Å²) in [6.07, 6.45) is 1.09. The number of nitrogens with one attached hydrogen (secondary N) is 1. The van der Waals surface area contributed by atoms with Gasteiger partial charge in [-0.1, -0.05) is 17.7 Å². The summed E-state index contributed by atoms with van der Waals surface area (Å²) in [6, 6.07) is 4.17. The monoisotopic (exact) mass is 281 g/mol. The van der Waals surface area contributed by atoms with Crippen LogP contribution in [-0.2, 0) is 13.0 Å². The minimum Gasteiger partial charge on any atom is -0.312 e. The standard InChI is InChI=1S/C9H9BrClN.ClH/c10-8-2-1-6-3-4-12-5-7(6)9(8)11;/h1-2,12H,3-5H2;1H. The van der Waals surface area contributed by atoms with Crippen LogP contribution in [-0.4, -0.2) is 6.54 Å². The average molecular weight is 283 g/mol. The van der Waals surface area contributed by atoms with E-state index in [1.807, 2.05) is 6.07 Å². The van der Waals surface area contributed by atoms with Crippen LogP contribution in [0.25, 0.3) is 0 Å². The highest BCUT2D eigenvalue weighted by Crippen LogP contribution is 2.30. The first-order valence-corrected chi connectivity index (χ1v) is 5.12. The Kier molecular flexibility index (Phi) is 4.05. The van der Waals surface area contributed by atoms with Gasteiger partial charge in [0.1, 0.15) is 0 Å². The minimum absolute atomic E-state index is 0.